The van der Waals surface area contributed by atoms with Gasteiger partial charge in [0.25, 0.3) is 0 Å². The maximum absolute atomic E-state index is 9.29. The monoisotopic (exact) mass is 806 g/mol. The van der Waals surface area contributed by atoms with Gasteiger partial charge in [0.05, 0.1) is 98.2 Å². The molecule has 0 aromatic rings. The molecule has 0 amide bonds. The van der Waals surface area contributed by atoms with Gasteiger partial charge in [-0.05, 0) is 0 Å². The van der Waals surface area contributed by atoms with Crippen LogP contribution < -0.4 is 0 Å². The maximum atomic E-state index is 9.29. The molecule has 25 heteroatoms. The van der Waals surface area contributed by atoms with E-state index in [0.717, 1.165) is 0 Å². The van der Waals surface area contributed by atoms with Crippen LogP contribution >= 0.6 is 75.8 Å². The van der Waals surface area contributed by atoms with Crippen molar-refractivity contribution in [3.8, 4) is 0 Å². The molecule has 0 aromatic carbocycles. The van der Waals surface area contributed by atoms with Crippen LogP contribution in [-0.4, -0.2) is 184 Å². The number of ether oxygens (including phenoxy) is 1. The first-order chi connectivity index (χ1) is 21.7. The van der Waals surface area contributed by atoms with Crippen LogP contribution in [0.4, 0.5) is 0 Å². The fourth-order valence-electron chi connectivity index (χ4n) is 1.06. The molecule has 0 fully saturated rings. The van der Waals surface area contributed by atoms with E-state index >= 15 is 0 Å². The van der Waals surface area contributed by atoms with Crippen molar-refractivity contribution in [2.75, 3.05) is 87.4 Å². The highest BCUT2D eigenvalue weighted by molar-refractivity contribution is 7.81. The molecule has 0 atom stereocenters. The molecule has 0 aliphatic carbocycles. The number of rotatable bonds is 16. The van der Waals surface area contributed by atoms with Gasteiger partial charge in [-0.2, -0.15) is 75.8 Å². The zero-order valence-electron chi connectivity index (χ0n) is 24.8. The van der Waals surface area contributed by atoms with E-state index in [0.29, 0.717) is 0 Å². The summed E-state index contributed by atoms with van der Waals surface area (Å²) in [7, 11) is 0. The highest BCUT2D eigenvalue weighted by atomic mass is 32.1. The Morgan fingerprint density at radius 3 is 0.532 bits per heavy atom. The second-order valence-electron chi connectivity index (χ2n) is 7.75. The van der Waals surface area contributed by atoms with E-state index < -0.39 is 86.3 Å². The predicted octanol–water partition coefficient (Wildman–Crippen LogP) is -3.07. The summed E-state index contributed by atoms with van der Waals surface area (Å²) in [6.07, 6.45) is 0. The minimum absolute atomic E-state index is 0.0833. The van der Waals surface area contributed by atoms with Crippen molar-refractivity contribution >= 4 is 112 Å². The molecule has 47 heavy (non-hydrogen) atoms. The summed E-state index contributed by atoms with van der Waals surface area (Å²) in [5.41, 5.74) is -2.32. The number of carbonyl (C=O) groups is 6. The molecule has 12 N–H and O–H groups in total. The van der Waals surface area contributed by atoms with Crippen LogP contribution in [0.3, 0.4) is 0 Å². The number of hydrogen-bond acceptors (Lipinski definition) is 19. The van der Waals surface area contributed by atoms with Gasteiger partial charge in [-0.1, -0.05) is 0 Å². The molecule has 19 nitrogen and oxygen atoms in total. The van der Waals surface area contributed by atoms with Crippen molar-refractivity contribution in [1.82, 2.24) is 0 Å². The Bertz CT molecular complexity index is 639. The fraction of sp³-hybridized carbons (Fsp3) is 0.727. The standard InChI is InChI=1S/C10H22O7.6C2H4O2S/c11-1-9(2-12,3-13)7-17-8-10(4-14,5-15)6-16;6*3-2(4)1-5/h11-16H,1-8H2;6*5H,1H2,(H,3,4). The largest absolute Gasteiger partial charge is 0.481 e. The zero-order valence-corrected chi connectivity index (χ0v) is 30.2. The third-order valence-electron chi connectivity index (χ3n) is 3.64. The van der Waals surface area contributed by atoms with Crippen LogP contribution in [-0.2, 0) is 33.5 Å². The van der Waals surface area contributed by atoms with Crippen molar-refractivity contribution in [3.05, 3.63) is 0 Å². The number of aliphatic carboxylic acids is 6. The van der Waals surface area contributed by atoms with Crippen molar-refractivity contribution in [1.29, 1.82) is 0 Å². The van der Waals surface area contributed by atoms with Gasteiger partial charge >= 0.3 is 35.8 Å². The molecule has 0 saturated heterocycles. The summed E-state index contributed by atoms with van der Waals surface area (Å²) >= 11 is 20.5. The van der Waals surface area contributed by atoms with Gasteiger partial charge in [-0.3, -0.25) is 28.8 Å². The second kappa shape index (κ2) is 44.6. The topological polar surface area (TPSA) is 354 Å². The summed E-state index contributed by atoms with van der Waals surface area (Å²) < 4.78 is 5.15. The summed E-state index contributed by atoms with van der Waals surface area (Å²) in [5, 5.41) is 100. The van der Waals surface area contributed by atoms with Gasteiger partial charge in [-0.25, -0.2) is 0 Å². The van der Waals surface area contributed by atoms with Crippen molar-refractivity contribution in [2.24, 2.45) is 10.8 Å². The molecule has 284 valence electrons. The molecule has 0 rings (SSSR count). The van der Waals surface area contributed by atoms with Crippen molar-refractivity contribution < 1.29 is 94.8 Å². The molecule has 0 bridgehead atoms. The van der Waals surface area contributed by atoms with E-state index in [1.165, 1.54) is 0 Å². The lowest BCUT2D eigenvalue weighted by atomic mass is 9.91. The van der Waals surface area contributed by atoms with Crippen LogP contribution in [0.25, 0.3) is 0 Å². The quantitative estimate of drug-likeness (QED) is 0.0688. The normalized spacial score (nSPS) is 9.45. The van der Waals surface area contributed by atoms with E-state index in [4.69, 9.17) is 66.0 Å². The average molecular weight is 807 g/mol. The summed E-state index contributed by atoms with van der Waals surface area (Å²) in [4.78, 5) is 55.7. The Hall–Kier alpha value is -1.36. The third-order valence-corrected chi connectivity index (χ3v) is 5.26. The number of thiol groups is 6. The van der Waals surface area contributed by atoms with E-state index in [1.807, 2.05) is 0 Å². The Balaban J connectivity index is -0.0000000884. The van der Waals surface area contributed by atoms with E-state index in [-0.39, 0.29) is 47.7 Å². The molecule has 0 radical (unpaired) electrons. The van der Waals surface area contributed by atoms with Crippen LogP contribution in [0.15, 0.2) is 0 Å². The number of aliphatic hydroxyl groups excluding tert-OH is 6. The summed E-state index contributed by atoms with van der Waals surface area (Å²) in [6.45, 7) is -3.01. The molecular formula is C22H46O19S6. The van der Waals surface area contributed by atoms with Crippen molar-refractivity contribution in [2.45, 2.75) is 0 Å². The average Bonchev–Trinajstić information content (AvgIpc) is 3.06. The van der Waals surface area contributed by atoms with E-state index in [1.54, 1.807) is 0 Å². The Morgan fingerprint density at radius 2 is 0.468 bits per heavy atom. The van der Waals surface area contributed by atoms with Crippen LogP contribution in [0, 0.1) is 10.8 Å². The molecular weight excluding hydrogens is 761 g/mol. The van der Waals surface area contributed by atoms with Gasteiger partial charge in [0, 0.05) is 0 Å². The number of carboxylic acid groups (broad SMARTS) is 6. The molecule has 0 aliphatic heterocycles. The third kappa shape index (κ3) is 60.5. The fourth-order valence-corrected chi connectivity index (χ4v) is 1.06. The minimum Gasteiger partial charge on any atom is -0.481 e. The lowest BCUT2D eigenvalue weighted by Crippen LogP contribution is -2.43. The Labute approximate surface area is 303 Å². The molecule has 0 heterocycles. The maximum Gasteiger partial charge on any atom is 0.313 e. The zero-order chi connectivity index (χ0) is 39.1. The first-order valence-electron chi connectivity index (χ1n) is 11.9. The lowest BCUT2D eigenvalue weighted by molar-refractivity contribution is -0.134. The number of hydrogen-bond donors (Lipinski definition) is 18. The Morgan fingerprint density at radius 1 is 0.362 bits per heavy atom. The van der Waals surface area contributed by atoms with Crippen molar-refractivity contribution in [3.63, 3.8) is 0 Å². The van der Waals surface area contributed by atoms with Gasteiger partial charge in [-0.15, -0.1) is 0 Å². The van der Waals surface area contributed by atoms with Crippen LogP contribution in [0.5, 0.6) is 0 Å². The van der Waals surface area contributed by atoms with Crippen LogP contribution in [0.2, 0.25) is 0 Å². The van der Waals surface area contributed by atoms with Gasteiger partial charge < -0.3 is 66.0 Å². The lowest BCUT2D eigenvalue weighted by Gasteiger charge is -2.31. The molecule has 0 aromatic heterocycles. The van der Waals surface area contributed by atoms with Gasteiger partial charge in [0.1, 0.15) is 0 Å². The summed E-state index contributed by atoms with van der Waals surface area (Å²) in [6, 6.07) is 0. The molecule has 0 unspecified atom stereocenters. The highest BCUT2D eigenvalue weighted by Crippen LogP contribution is 2.19. The second-order valence-corrected chi connectivity index (χ2v) is 9.65. The summed E-state index contributed by atoms with van der Waals surface area (Å²) in [5.74, 6) is -5.79. The number of aliphatic hydroxyl groups is 6. The minimum atomic E-state index is -1.16. The smallest absolute Gasteiger partial charge is 0.313 e. The highest BCUT2D eigenvalue weighted by Gasteiger charge is 2.32. The van der Waals surface area contributed by atoms with Gasteiger partial charge in [0.15, 0.2) is 0 Å². The molecule has 0 aliphatic rings. The van der Waals surface area contributed by atoms with E-state index in [2.05, 4.69) is 75.8 Å². The number of carboxylic acids is 6. The first-order valence-corrected chi connectivity index (χ1v) is 15.7. The molecule has 0 saturated carbocycles. The van der Waals surface area contributed by atoms with E-state index in [9.17, 15) is 28.8 Å². The predicted molar refractivity (Wildman–Crippen MR) is 187 cm³/mol. The molecule has 0 spiro atoms. The SMILES string of the molecule is O=C(O)CS.O=C(O)CS.O=C(O)CS.O=C(O)CS.O=C(O)CS.O=C(O)CS.OCC(CO)(CO)COCC(CO)(CO)CO. The van der Waals surface area contributed by atoms with Gasteiger partial charge in [0.2, 0.25) is 0 Å². The van der Waals surface area contributed by atoms with Crippen LogP contribution in [0.1, 0.15) is 0 Å². The first kappa shape index (κ1) is 60.9. The Kier molecular flexibility index (Phi) is 57.9.